The van der Waals surface area contributed by atoms with E-state index in [-0.39, 0.29) is 0 Å². The molecule has 3 rings (SSSR count). The minimum Gasteiger partial charge on any atom is -0.389 e. The number of piperidine rings is 1. The van der Waals surface area contributed by atoms with Gasteiger partial charge in [0.25, 0.3) is 0 Å². The number of hydrogen-bond acceptors (Lipinski definition) is 4. The van der Waals surface area contributed by atoms with Crippen molar-refractivity contribution in [3.8, 4) is 0 Å². The quantitative estimate of drug-likeness (QED) is 0.848. The summed E-state index contributed by atoms with van der Waals surface area (Å²) in [6.07, 6.45) is 8.50. The molecule has 2 aliphatic rings. The zero-order valence-electron chi connectivity index (χ0n) is 10.3. The third-order valence-corrected chi connectivity index (χ3v) is 4.63. The normalized spacial score (nSPS) is 32.1. The van der Waals surface area contributed by atoms with E-state index in [4.69, 9.17) is 11.6 Å². The molecule has 2 unspecified atom stereocenters. The molecule has 0 amide bonds. The first kappa shape index (κ1) is 12.2. The van der Waals surface area contributed by atoms with Crippen LogP contribution in [0.3, 0.4) is 0 Å². The number of nitrogens with zero attached hydrogens (tertiary/aromatic N) is 3. The van der Waals surface area contributed by atoms with E-state index in [9.17, 15) is 5.11 Å². The number of aromatic nitrogens is 2. The lowest BCUT2D eigenvalue weighted by Gasteiger charge is -2.47. The van der Waals surface area contributed by atoms with Crippen molar-refractivity contribution in [2.75, 3.05) is 18.0 Å². The smallest absolute Gasteiger partial charge is 0.171 e. The second kappa shape index (κ2) is 4.67. The molecule has 1 saturated heterocycles. The zero-order chi connectivity index (χ0) is 12.6. The van der Waals surface area contributed by atoms with Crippen LogP contribution in [-0.4, -0.2) is 33.8 Å². The highest BCUT2D eigenvalue weighted by atomic mass is 35.5. The fourth-order valence-corrected chi connectivity index (χ4v) is 3.51. The van der Waals surface area contributed by atoms with Crippen molar-refractivity contribution in [3.63, 3.8) is 0 Å². The lowest BCUT2D eigenvalue weighted by Crippen LogP contribution is -2.53. The Morgan fingerprint density at radius 1 is 1.28 bits per heavy atom. The van der Waals surface area contributed by atoms with Crippen molar-refractivity contribution in [2.24, 2.45) is 5.92 Å². The van der Waals surface area contributed by atoms with Crippen LogP contribution in [0.2, 0.25) is 5.15 Å². The van der Waals surface area contributed by atoms with Crippen LogP contribution in [0.25, 0.3) is 0 Å². The maximum absolute atomic E-state index is 10.6. The van der Waals surface area contributed by atoms with Gasteiger partial charge in [0.1, 0.15) is 0 Å². The SMILES string of the molecule is OC12CCCCC1CN(c1nccnc1Cl)CC2. The number of halogens is 1. The molecule has 4 nitrogen and oxygen atoms in total. The van der Waals surface area contributed by atoms with Gasteiger partial charge in [-0.3, -0.25) is 0 Å². The van der Waals surface area contributed by atoms with E-state index in [1.165, 1.54) is 6.42 Å². The molecule has 0 spiro atoms. The van der Waals surface area contributed by atoms with Gasteiger partial charge in [-0.05, 0) is 19.3 Å². The minimum absolute atomic E-state index is 0.345. The van der Waals surface area contributed by atoms with Crippen LogP contribution in [-0.2, 0) is 0 Å². The average Bonchev–Trinajstić information content (AvgIpc) is 2.38. The van der Waals surface area contributed by atoms with Crippen molar-refractivity contribution in [3.05, 3.63) is 17.5 Å². The lowest BCUT2D eigenvalue weighted by atomic mass is 9.71. The van der Waals surface area contributed by atoms with Gasteiger partial charge >= 0.3 is 0 Å². The first-order chi connectivity index (χ1) is 8.69. The minimum atomic E-state index is -0.455. The van der Waals surface area contributed by atoms with Gasteiger partial charge in [-0.1, -0.05) is 24.4 Å². The van der Waals surface area contributed by atoms with E-state index in [0.29, 0.717) is 11.1 Å². The van der Waals surface area contributed by atoms with Crippen LogP contribution in [0.1, 0.15) is 32.1 Å². The van der Waals surface area contributed by atoms with E-state index < -0.39 is 5.60 Å². The molecule has 18 heavy (non-hydrogen) atoms. The highest BCUT2D eigenvalue weighted by molar-refractivity contribution is 6.31. The van der Waals surface area contributed by atoms with Crippen molar-refractivity contribution in [2.45, 2.75) is 37.7 Å². The van der Waals surface area contributed by atoms with Gasteiger partial charge in [0.15, 0.2) is 11.0 Å². The number of hydrogen-bond donors (Lipinski definition) is 1. The summed E-state index contributed by atoms with van der Waals surface area (Å²) in [4.78, 5) is 10.6. The van der Waals surface area contributed by atoms with Crippen molar-refractivity contribution >= 4 is 17.4 Å². The summed E-state index contributed by atoms with van der Waals surface area (Å²) >= 11 is 6.09. The molecule has 1 aliphatic heterocycles. The van der Waals surface area contributed by atoms with Crippen molar-refractivity contribution in [1.82, 2.24) is 9.97 Å². The van der Waals surface area contributed by atoms with E-state index in [0.717, 1.165) is 44.6 Å². The number of aliphatic hydroxyl groups is 1. The van der Waals surface area contributed by atoms with E-state index in [1.807, 2.05) is 0 Å². The second-order valence-corrected chi connectivity index (χ2v) is 5.77. The maximum atomic E-state index is 10.6. The van der Waals surface area contributed by atoms with Crippen LogP contribution < -0.4 is 4.90 Å². The Morgan fingerprint density at radius 3 is 2.94 bits per heavy atom. The molecular weight excluding hydrogens is 250 g/mol. The van der Waals surface area contributed by atoms with Gasteiger partial charge in [0.05, 0.1) is 5.60 Å². The average molecular weight is 268 g/mol. The number of rotatable bonds is 1. The largest absolute Gasteiger partial charge is 0.389 e. The summed E-state index contributed by atoms with van der Waals surface area (Å²) in [5, 5.41) is 11.1. The van der Waals surface area contributed by atoms with E-state index >= 15 is 0 Å². The number of fused-ring (bicyclic) bond motifs is 1. The topological polar surface area (TPSA) is 49.2 Å². The van der Waals surface area contributed by atoms with Crippen molar-refractivity contribution < 1.29 is 5.11 Å². The van der Waals surface area contributed by atoms with Crippen LogP contribution in [0.5, 0.6) is 0 Å². The van der Waals surface area contributed by atoms with Crippen LogP contribution >= 0.6 is 11.6 Å². The van der Waals surface area contributed by atoms with Crippen LogP contribution in [0, 0.1) is 5.92 Å². The molecule has 5 heteroatoms. The summed E-state index contributed by atoms with van der Waals surface area (Å²) in [5.41, 5.74) is -0.455. The van der Waals surface area contributed by atoms with Gasteiger partial charge in [-0.25, -0.2) is 9.97 Å². The summed E-state index contributed by atoms with van der Waals surface area (Å²) in [5.74, 6) is 1.10. The number of anilines is 1. The molecule has 1 aliphatic carbocycles. The Kier molecular flexibility index (Phi) is 3.16. The standard InChI is InChI=1S/C13H18ClN3O/c14-11-12(16-7-6-15-11)17-8-5-13(18)4-2-1-3-10(13)9-17/h6-7,10,18H,1-5,8-9H2. The molecule has 2 atom stereocenters. The Bertz CT molecular complexity index is 442. The zero-order valence-corrected chi connectivity index (χ0v) is 11.1. The monoisotopic (exact) mass is 267 g/mol. The second-order valence-electron chi connectivity index (χ2n) is 5.41. The first-order valence-electron chi connectivity index (χ1n) is 6.63. The molecular formula is C13H18ClN3O. The Labute approximate surface area is 112 Å². The van der Waals surface area contributed by atoms with Gasteiger partial charge in [0, 0.05) is 31.4 Å². The highest BCUT2D eigenvalue weighted by Gasteiger charge is 2.43. The third kappa shape index (κ3) is 2.08. The molecule has 1 aromatic heterocycles. The molecule has 0 bridgehead atoms. The third-order valence-electron chi connectivity index (χ3n) is 4.36. The fourth-order valence-electron chi connectivity index (χ4n) is 3.29. The van der Waals surface area contributed by atoms with E-state index in [1.54, 1.807) is 12.4 Å². The van der Waals surface area contributed by atoms with Crippen molar-refractivity contribution in [1.29, 1.82) is 0 Å². The van der Waals surface area contributed by atoms with Crippen LogP contribution in [0.4, 0.5) is 5.82 Å². The highest BCUT2D eigenvalue weighted by Crippen LogP contribution is 2.41. The van der Waals surface area contributed by atoms with Gasteiger partial charge in [-0.2, -0.15) is 0 Å². The predicted octanol–water partition coefficient (Wildman–Crippen LogP) is 2.26. The molecule has 2 fully saturated rings. The lowest BCUT2D eigenvalue weighted by molar-refractivity contribution is -0.0613. The summed E-state index contributed by atoms with van der Waals surface area (Å²) in [6.45, 7) is 1.65. The first-order valence-corrected chi connectivity index (χ1v) is 7.01. The molecule has 1 N–H and O–H groups in total. The summed E-state index contributed by atoms with van der Waals surface area (Å²) in [7, 11) is 0. The summed E-state index contributed by atoms with van der Waals surface area (Å²) < 4.78 is 0. The molecule has 98 valence electrons. The Hall–Kier alpha value is -0.870. The predicted molar refractivity (Wildman–Crippen MR) is 70.8 cm³/mol. The molecule has 0 radical (unpaired) electrons. The van der Waals surface area contributed by atoms with Crippen LogP contribution in [0.15, 0.2) is 12.4 Å². The molecule has 1 saturated carbocycles. The van der Waals surface area contributed by atoms with Gasteiger partial charge in [-0.15, -0.1) is 0 Å². The van der Waals surface area contributed by atoms with Gasteiger partial charge < -0.3 is 10.0 Å². The Morgan fingerprint density at radius 2 is 2.11 bits per heavy atom. The molecule has 1 aromatic rings. The van der Waals surface area contributed by atoms with E-state index in [2.05, 4.69) is 14.9 Å². The molecule has 0 aromatic carbocycles. The van der Waals surface area contributed by atoms with Gasteiger partial charge in [0.2, 0.25) is 0 Å². The maximum Gasteiger partial charge on any atom is 0.171 e. The Balaban J connectivity index is 1.80. The molecule has 2 heterocycles. The fraction of sp³-hybridized carbons (Fsp3) is 0.692. The summed E-state index contributed by atoms with van der Waals surface area (Å²) in [6, 6.07) is 0.